The summed E-state index contributed by atoms with van der Waals surface area (Å²) in [5.74, 6) is 0.557. The van der Waals surface area contributed by atoms with E-state index in [9.17, 15) is 18.7 Å². The molecule has 7 nitrogen and oxygen atoms in total. The summed E-state index contributed by atoms with van der Waals surface area (Å²) in [5.41, 5.74) is 0.444. The number of benzene rings is 1. The maximum atomic E-state index is 14.9. The van der Waals surface area contributed by atoms with Crippen molar-refractivity contribution in [3.05, 3.63) is 52.8 Å². The molecule has 184 valence electrons. The first kappa shape index (κ1) is 23.4. The molecule has 2 fully saturated rings. The van der Waals surface area contributed by atoms with E-state index in [1.54, 1.807) is 18.3 Å². The number of phenols is 1. The van der Waals surface area contributed by atoms with Gasteiger partial charge < -0.3 is 14.6 Å². The lowest BCUT2D eigenvalue weighted by atomic mass is 9.82. The zero-order chi connectivity index (χ0) is 24.7. The molecule has 0 saturated heterocycles. The van der Waals surface area contributed by atoms with Gasteiger partial charge in [0, 0.05) is 30.9 Å². The van der Waals surface area contributed by atoms with E-state index in [4.69, 9.17) is 0 Å². The first-order valence-electron chi connectivity index (χ1n) is 12.2. The molecule has 2 saturated carbocycles. The van der Waals surface area contributed by atoms with E-state index < -0.39 is 12.0 Å². The van der Waals surface area contributed by atoms with E-state index in [-0.39, 0.29) is 34.8 Å². The maximum absolute atomic E-state index is 14.9. The van der Waals surface area contributed by atoms with Crippen molar-refractivity contribution in [2.75, 3.05) is 4.90 Å². The van der Waals surface area contributed by atoms with Crippen LogP contribution in [0.4, 0.5) is 14.6 Å². The molecule has 5 rings (SSSR count). The van der Waals surface area contributed by atoms with Gasteiger partial charge in [0.1, 0.15) is 17.7 Å². The fourth-order valence-electron chi connectivity index (χ4n) is 5.05. The van der Waals surface area contributed by atoms with Crippen LogP contribution in [0.2, 0.25) is 0 Å². The smallest absolute Gasteiger partial charge is 0.251 e. The third-order valence-corrected chi connectivity index (χ3v) is 7.26. The summed E-state index contributed by atoms with van der Waals surface area (Å²) in [5, 5.41) is 19.2. The Kier molecular flexibility index (Phi) is 6.25. The summed E-state index contributed by atoms with van der Waals surface area (Å²) < 4.78 is 30.5. The lowest BCUT2D eigenvalue weighted by Gasteiger charge is -2.40. The molecule has 2 heterocycles. The lowest BCUT2D eigenvalue weighted by molar-refractivity contribution is 0.166. The molecule has 0 bridgehead atoms. The van der Waals surface area contributed by atoms with Crippen LogP contribution in [0.3, 0.4) is 0 Å². The highest BCUT2D eigenvalue weighted by molar-refractivity contribution is 5.73. The van der Waals surface area contributed by atoms with Crippen LogP contribution in [0.15, 0.2) is 41.5 Å². The Labute approximate surface area is 202 Å². The van der Waals surface area contributed by atoms with Crippen LogP contribution in [0, 0.1) is 11.7 Å². The van der Waals surface area contributed by atoms with Crippen LogP contribution in [0.5, 0.6) is 5.75 Å². The molecule has 2 aromatic heterocycles. The summed E-state index contributed by atoms with van der Waals surface area (Å²) in [7, 11) is 1.47. The molecule has 0 aliphatic heterocycles. The van der Waals surface area contributed by atoms with Crippen molar-refractivity contribution >= 4 is 5.82 Å². The van der Waals surface area contributed by atoms with Gasteiger partial charge in [0.25, 0.3) is 5.56 Å². The second-order valence-corrected chi connectivity index (χ2v) is 9.67. The molecule has 0 amide bonds. The number of halogens is 2. The van der Waals surface area contributed by atoms with Gasteiger partial charge in [0.2, 0.25) is 0 Å². The number of aromatic hydroxyl groups is 1. The number of pyridine rings is 1. The van der Waals surface area contributed by atoms with Crippen molar-refractivity contribution in [2.45, 2.75) is 63.7 Å². The molecule has 1 N–H and O–H groups in total. The van der Waals surface area contributed by atoms with Crippen LogP contribution < -0.4 is 10.5 Å². The fraction of sp³-hybridized carbons (Fsp3) is 0.462. The van der Waals surface area contributed by atoms with E-state index in [1.165, 1.54) is 19.2 Å². The molecule has 0 spiro atoms. The number of hydrogen-bond acceptors (Lipinski definition) is 6. The predicted octanol–water partition coefficient (Wildman–Crippen LogP) is 4.63. The third-order valence-electron chi connectivity index (χ3n) is 7.26. The second-order valence-electron chi connectivity index (χ2n) is 9.67. The summed E-state index contributed by atoms with van der Waals surface area (Å²) in [6, 6.07) is 5.78. The van der Waals surface area contributed by atoms with Gasteiger partial charge in [-0.1, -0.05) is 19.4 Å². The molecule has 9 heteroatoms. The van der Waals surface area contributed by atoms with Crippen molar-refractivity contribution in [3.8, 4) is 28.3 Å². The number of rotatable bonds is 6. The Balaban J connectivity index is 1.41. The minimum atomic E-state index is -0.897. The lowest BCUT2D eigenvalue weighted by Crippen LogP contribution is -2.47. The molecule has 35 heavy (non-hydrogen) atoms. The fourth-order valence-corrected chi connectivity index (χ4v) is 5.05. The highest BCUT2D eigenvalue weighted by atomic mass is 19.1. The predicted molar refractivity (Wildman–Crippen MR) is 129 cm³/mol. The molecule has 3 atom stereocenters. The highest BCUT2D eigenvalue weighted by Crippen LogP contribution is 2.40. The van der Waals surface area contributed by atoms with Gasteiger partial charge in [-0.2, -0.15) is 0 Å². The zero-order valence-corrected chi connectivity index (χ0v) is 19.9. The SMILES string of the molecule is CC[C@@H]1CC[C@H](F)[C@H](N(c2cnc(-c3ccc(-c4cc(=O)n(C)cc4F)cc3O)nn2)C2CC2)C1. The number of hydrogen-bond donors (Lipinski definition) is 1. The quantitative estimate of drug-likeness (QED) is 0.553. The van der Waals surface area contributed by atoms with Crippen LogP contribution in [0.25, 0.3) is 22.5 Å². The number of aryl methyl sites for hydroxylation is 1. The number of aromatic nitrogens is 4. The summed E-state index contributed by atoms with van der Waals surface area (Å²) in [4.78, 5) is 18.4. The molecular formula is C26H29F2N5O2. The van der Waals surface area contributed by atoms with Gasteiger partial charge in [-0.05, 0) is 55.7 Å². The van der Waals surface area contributed by atoms with Gasteiger partial charge in [-0.25, -0.2) is 13.8 Å². The van der Waals surface area contributed by atoms with Crippen molar-refractivity contribution in [1.29, 1.82) is 0 Å². The van der Waals surface area contributed by atoms with Crippen molar-refractivity contribution in [3.63, 3.8) is 0 Å². The van der Waals surface area contributed by atoms with Gasteiger partial charge in [0.05, 0.1) is 17.8 Å². The van der Waals surface area contributed by atoms with Gasteiger partial charge in [-0.15, -0.1) is 10.2 Å². The van der Waals surface area contributed by atoms with E-state index >= 15 is 0 Å². The van der Waals surface area contributed by atoms with Crippen LogP contribution in [-0.4, -0.2) is 43.1 Å². The zero-order valence-electron chi connectivity index (χ0n) is 19.9. The van der Waals surface area contributed by atoms with Crippen molar-refractivity contribution in [1.82, 2.24) is 19.7 Å². The number of phenolic OH excluding ortho intramolecular Hbond substituents is 1. The minimum Gasteiger partial charge on any atom is -0.507 e. The van der Waals surface area contributed by atoms with Crippen molar-refractivity contribution in [2.24, 2.45) is 13.0 Å². The van der Waals surface area contributed by atoms with E-state index in [0.717, 1.165) is 42.9 Å². The molecular weight excluding hydrogens is 452 g/mol. The first-order chi connectivity index (χ1) is 16.9. The second kappa shape index (κ2) is 9.36. The molecule has 2 aliphatic rings. The Morgan fingerprint density at radius 2 is 1.94 bits per heavy atom. The van der Waals surface area contributed by atoms with E-state index in [2.05, 4.69) is 27.0 Å². The number of alkyl halides is 1. The Morgan fingerprint density at radius 3 is 2.60 bits per heavy atom. The van der Waals surface area contributed by atoms with Crippen LogP contribution in [0.1, 0.15) is 45.4 Å². The molecule has 0 radical (unpaired) electrons. The molecule has 3 aromatic rings. The topological polar surface area (TPSA) is 84.1 Å². The average Bonchev–Trinajstić information content (AvgIpc) is 3.68. The van der Waals surface area contributed by atoms with Crippen LogP contribution in [-0.2, 0) is 7.05 Å². The highest BCUT2D eigenvalue weighted by Gasteiger charge is 2.41. The normalized spacial score (nSPS) is 22.2. The van der Waals surface area contributed by atoms with E-state index in [1.807, 2.05) is 0 Å². The molecule has 2 aliphatic carbocycles. The van der Waals surface area contributed by atoms with Crippen LogP contribution >= 0.6 is 0 Å². The average molecular weight is 482 g/mol. The standard InChI is InChI=1S/C26H29F2N5O2/c1-3-15-4-9-20(27)22(10-15)33(17-6-7-17)24-13-29-26(31-30-24)18-8-5-16(11-23(18)34)19-12-25(35)32(2)14-21(19)28/h5,8,11-15,17,20,22,34H,3-4,6-7,9-10H2,1-2H3/t15-,20+,22-/m1/s1. The number of anilines is 1. The van der Waals surface area contributed by atoms with Crippen molar-refractivity contribution < 1.29 is 13.9 Å². The van der Waals surface area contributed by atoms with Gasteiger partial charge in [-0.3, -0.25) is 4.79 Å². The number of nitrogens with zero attached hydrogens (tertiary/aromatic N) is 5. The summed E-state index contributed by atoms with van der Waals surface area (Å²) in [6.07, 6.45) is 7.15. The minimum absolute atomic E-state index is 0.100. The van der Waals surface area contributed by atoms with Gasteiger partial charge >= 0.3 is 0 Å². The Hall–Kier alpha value is -3.36. The van der Waals surface area contributed by atoms with Gasteiger partial charge in [0.15, 0.2) is 11.6 Å². The monoisotopic (exact) mass is 481 g/mol. The Morgan fingerprint density at radius 1 is 1.14 bits per heavy atom. The molecule has 0 unspecified atom stereocenters. The summed E-state index contributed by atoms with van der Waals surface area (Å²) in [6.45, 7) is 2.15. The van der Waals surface area contributed by atoms with E-state index in [0.29, 0.717) is 29.3 Å². The largest absolute Gasteiger partial charge is 0.507 e. The molecule has 1 aromatic carbocycles. The third kappa shape index (κ3) is 4.63. The Bertz CT molecular complexity index is 1280. The summed E-state index contributed by atoms with van der Waals surface area (Å²) >= 11 is 0. The first-order valence-corrected chi connectivity index (χ1v) is 12.2. The maximum Gasteiger partial charge on any atom is 0.251 e.